The summed E-state index contributed by atoms with van der Waals surface area (Å²) in [7, 11) is 0. The molecule has 3 amide bonds. The van der Waals surface area contributed by atoms with E-state index in [-0.39, 0.29) is 24.5 Å². The number of hydrogen-bond acceptors (Lipinski definition) is 4. The van der Waals surface area contributed by atoms with Crippen molar-refractivity contribution >= 4 is 23.3 Å². The number of urea groups is 1. The highest BCUT2D eigenvalue weighted by atomic mass is 32.1. The molecule has 0 bridgehead atoms. The molecule has 3 rings (SSSR count). The third kappa shape index (κ3) is 6.75. The van der Waals surface area contributed by atoms with Crippen LogP contribution >= 0.6 is 11.3 Å². The van der Waals surface area contributed by atoms with Crippen molar-refractivity contribution < 1.29 is 14.3 Å². The monoisotopic (exact) mass is 485 g/mol. The SMILES string of the molecule is CCNC(=O)N(CCC(C)C)CC(=O)N1CCc2sccc2[C@H]1COc1ccc(C(C)C)cc1. The van der Waals surface area contributed by atoms with Crippen LogP contribution < -0.4 is 10.1 Å². The number of carbonyl (C=O) groups excluding carboxylic acids is 2. The maximum absolute atomic E-state index is 13.5. The van der Waals surface area contributed by atoms with E-state index in [1.807, 2.05) is 24.0 Å². The van der Waals surface area contributed by atoms with Crippen LogP contribution in [0.4, 0.5) is 4.79 Å². The zero-order valence-corrected chi connectivity index (χ0v) is 22.0. The van der Waals surface area contributed by atoms with E-state index < -0.39 is 0 Å². The quantitative estimate of drug-likeness (QED) is 0.486. The van der Waals surface area contributed by atoms with Crippen LogP contribution in [0.1, 0.15) is 69.0 Å². The topological polar surface area (TPSA) is 61.9 Å². The fourth-order valence-corrected chi connectivity index (χ4v) is 5.11. The zero-order valence-electron chi connectivity index (χ0n) is 21.2. The summed E-state index contributed by atoms with van der Waals surface area (Å²) < 4.78 is 6.17. The number of nitrogens with one attached hydrogen (secondary N) is 1. The summed E-state index contributed by atoms with van der Waals surface area (Å²) in [6.07, 6.45) is 1.70. The minimum Gasteiger partial charge on any atom is -0.491 e. The maximum atomic E-state index is 13.5. The van der Waals surface area contributed by atoms with Gasteiger partial charge in [0.15, 0.2) is 0 Å². The van der Waals surface area contributed by atoms with Crippen molar-refractivity contribution in [1.82, 2.24) is 15.1 Å². The molecule has 0 radical (unpaired) electrons. The summed E-state index contributed by atoms with van der Waals surface area (Å²) in [5, 5.41) is 4.94. The van der Waals surface area contributed by atoms with Crippen LogP contribution in [-0.4, -0.2) is 54.5 Å². The Labute approximate surface area is 208 Å². The molecular formula is C27H39N3O3S. The lowest BCUT2D eigenvalue weighted by atomic mass is 10.00. The molecule has 0 unspecified atom stereocenters. The Balaban J connectivity index is 1.73. The molecule has 0 aliphatic carbocycles. The first-order valence-electron chi connectivity index (χ1n) is 12.4. The van der Waals surface area contributed by atoms with E-state index >= 15 is 0 Å². The smallest absolute Gasteiger partial charge is 0.317 e. The molecule has 1 aromatic heterocycles. The lowest BCUT2D eigenvalue weighted by Gasteiger charge is -2.37. The molecule has 1 aliphatic rings. The van der Waals surface area contributed by atoms with E-state index in [0.29, 0.717) is 38.1 Å². The van der Waals surface area contributed by atoms with Gasteiger partial charge in [-0.05, 0) is 66.3 Å². The lowest BCUT2D eigenvalue weighted by Crippen LogP contribution is -2.50. The molecule has 7 heteroatoms. The molecule has 1 aliphatic heterocycles. The lowest BCUT2D eigenvalue weighted by molar-refractivity contribution is -0.135. The van der Waals surface area contributed by atoms with Crippen molar-refractivity contribution in [2.45, 2.75) is 59.4 Å². The molecule has 2 aromatic rings. The van der Waals surface area contributed by atoms with Crippen molar-refractivity contribution in [2.24, 2.45) is 5.92 Å². The minimum atomic E-state index is -0.178. The summed E-state index contributed by atoms with van der Waals surface area (Å²) >= 11 is 1.74. The molecular weight excluding hydrogens is 446 g/mol. The van der Waals surface area contributed by atoms with Gasteiger partial charge >= 0.3 is 6.03 Å². The van der Waals surface area contributed by atoms with Crippen LogP contribution in [0, 0.1) is 5.92 Å². The number of hydrogen-bond donors (Lipinski definition) is 1. The van der Waals surface area contributed by atoms with Gasteiger partial charge in [-0.1, -0.05) is 39.8 Å². The highest BCUT2D eigenvalue weighted by molar-refractivity contribution is 7.10. The van der Waals surface area contributed by atoms with E-state index in [9.17, 15) is 9.59 Å². The van der Waals surface area contributed by atoms with Gasteiger partial charge in [-0.15, -0.1) is 11.3 Å². The predicted octanol–water partition coefficient (Wildman–Crippen LogP) is 5.45. The summed E-state index contributed by atoms with van der Waals surface area (Å²) in [5.74, 6) is 1.70. The summed E-state index contributed by atoms with van der Waals surface area (Å²) in [6, 6.07) is 9.97. The Kier molecular flexibility index (Phi) is 9.39. The summed E-state index contributed by atoms with van der Waals surface area (Å²) in [5.41, 5.74) is 2.43. The minimum absolute atomic E-state index is 0.0318. The van der Waals surface area contributed by atoms with Crippen molar-refractivity contribution in [2.75, 3.05) is 32.8 Å². The Bertz CT molecular complexity index is 939. The van der Waals surface area contributed by atoms with Crippen molar-refractivity contribution in [1.29, 1.82) is 0 Å². The molecule has 0 spiro atoms. The predicted molar refractivity (Wildman–Crippen MR) is 139 cm³/mol. The highest BCUT2D eigenvalue weighted by Crippen LogP contribution is 2.34. The Morgan fingerprint density at radius 1 is 1.18 bits per heavy atom. The van der Waals surface area contributed by atoms with Gasteiger partial charge in [0.05, 0.1) is 6.04 Å². The van der Waals surface area contributed by atoms with E-state index in [1.54, 1.807) is 16.2 Å². The second-order valence-corrected chi connectivity index (χ2v) is 10.6. The van der Waals surface area contributed by atoms with Crippen LogP contribution in [0.3, 0.4) is 0 Å². The maximum Gasteiger partial charge on any atom is 0.317 e. The molecule has 6 nitrogen and oxygen atoms in total. The molecule has 1 N–H and O–H groups in total. The zero-order chi connectivity index (χ0) is 24.7. The Morgan fingerprint density at radius 3 is 2.56 bits per heavy atom. The van der Waals surface area contributed by atoms with E-state index in [0.717, 1.165) is 24.2 Å². The van der Waals surface area contributed by atoms with E-state index in [2.05, 4.69) is 56.6 Å². The average Bonchev–Trinajstić information content (AvgIpc) is 3.29. The number of thiophene rings is 1. The standard InChI is InChI=1S/C27H39N3O3S/c1-6-28-27(32)29(14-11-19(2)3)17-26(31)30-15-12-25-23(13-16-34-25)24(30)18-33-22-9-7-21(8-10-22)20(4)5/h7-10,13,16,19-20,24H,6,11-12,14-15,17-18H2,1-5H3,(H,28,32)/t24-/m1/s1. The van der Waals surface area contributed by atoms with Crippen LogP contribution in [0.15, 0.2) is 35.7 Å². The van der Waals surface area contributed by atoms with Gasteiger partial charge in [0.25, 0.3) is 0 Å². The Hall–Kier alpha value is -2.54. The molecule has 0 fully saturated rings. The fraction of sp³-hybridized carbons (Fsp3) is 0.556. The van der Waals surface area contributed by atoms with Gasteiger partial charge in [-0.25, -0.2) is 4.79 Å². The second kappa shape index (κ2) is 12.2. The van der Waals surface area contributed by atoms with Gasteiger partial charge in [0, 0.05) is 24.5 Å². The van der Waals surface area contributed by atoms with Crippen LogP contribution in [0.5, 0.6) is 5.75 Å². The average molecular weight is 486 g/mol. The molecule has 0 saturated heterocycles. The van der Waals surface area contributed by atoms with Gasteiger partial charge in [0.2, 0.25) is 5.91 Å². The number of nitrogens with zero attached hydrogens (tertiary/aromatic N) is 2. The van der Waals surface area contributed by atoms with Crippen LogP contribution in [0.25, 0.3) is 0 Å². The number of carbonyl (C=O) groups is 2. The second-order valence-electron chi connectivity index (χ2n) is 9.63. The van der Waals surface area contributed by atoms with Crippen molar-refractivity contribution in [3.8, 4) is 5.75 Å². The van der Waals surface area contributed by atoms with E-state index in [4.69, 9.17) is 4.74 Å². The van der Waals surface area contributed by atoms with E-state index in [1.165, 1.54) is 10.4 Å². The highest BCUT2D eigenvalue weighted by Gasteiger charge is 2.33. The molecule has 1 aromatic carbocycles. The van der Waals surface area contributed by atoms with Crippen LogP contribution in [0.2, 0.25) is 0 Å². The largest absolute Gasteiger partial charge is 0.491 e. The number of amides is 3. The van der Waals surface area contributed by atoms with Crippen LogP contribution in [-0.2, 0) is 11.2 Å². The summed E-state index contributed by atoms with van der Waals surface area (Å²) in [4.78, 5) is 31.0. The molecule has 1 atom stereocenters. The number of fused-ring (bicyclic) bond motifs is 1. The van der Waals surface area contributed by atoms with Gasteiger partial charge in [-0.2, -0.15) is 0 Å². The van der Waals surface area contributed by atoms with Gasteiger partial charge in [0.1, 0.15) is 18.9 Å². The third-order valence-electron chi connectivity index (χ3n) is 6.29. The Morgan fingerprint density at radius 2 is 1.91 bits per heavy atom. The molecule has 186 valence electrons. The first kappa shape index (κ1) is 26.1. The first-order valence-corrected chi connectivity index (χ1v) is 13.3. The molecule has 0 saturated carbocycles. The number of rotatable bonds is 10. The number of ether oxygens (including phenoxy) is 1. The normalized spacial score (nSPS) is 15.4. The fourth-order valence-electron chi connectivity index (χ4n) is 4.18. The first-order chi connectivity index (χ1) is 16.3. The number of benzene rings is 1. The van der Waals surface area contributed by atoms with Gasteiger partial charge < -0.3 is 19.9 Å². The van der Waals surface area contributed by atoms with Crippen molar-refractivity contribution in [3.05, 3.63) is 51.7 Å². The third-order valence-corrected chi connectivity index (χ3v) is 7.28. The summed E-state index contributed by atoms with van der Waals surface area (Å²) in [6.45, 7) is 12.7. The van der Waals surface area contributed by atoms with Crippen molar-refractivity contribution in [3.63, 3.8) is 0 Å². The molecule has 2 heterocycles. The molecule has 34 heavy (non-hydrogen) atoms. The van der Waals surface area contributed by atoms with Gasteiger partial charge in [-0.3, -0.25) is 4.79 Å².